The lowest BCUT2D eigenvalue weighted by molar-refractivity contribution is -0.113. The van der Waals surface area contributed by atoms with Crippen LogP contribution in [-0.4, -0.2) is 11.7 Å². The third kappa shape index (κ3) is 1.49. The Morgan fingerprint density at radius 3 is 2.33 bits per heavy atom. The maximum Gasteiger partial charge on any atom is 0.309 e. The minimum Gasteiger partial charge on any atom is -0.283 e. The number of hydrogen-bond donors (Lipinski definition) is 0. The second kappa shape index (κ2) is 4.07. The molecule has 1 heterocycles. The molecule has 0 saturated heterocycles. The molecule has 3 nitrogen and oxygen atoms in total. The standard InChI is InChI=1S/C14H8BrNO2/c15-16-11-8-4-7-10(9-5-2-1-3-6-9)12(11)13(17)14(16)18/h1-8H. The fourth-order valence-electron chi connectivity index (χ4n) is 2.11. The van der Waals surface area contributed by atoms with Crippen molar-refractivity contribution >= 4 is 33.5 Å². The minimum atomic E-state index is -0.548. The summed E-state index contributed by atoms with van der Waals surface area (Å²) >= 11 is 3.11. The van der Waals surface area contributed by atoms with Crippen molar-refractivity contribution in [3.8, 4) is 11.1 Å². The summed E-state index contributed by atoms with van der Waals surface area (Å²) in [4.78, 5) is 23.7. The van der Waals surface area contributed by atoms with Gasteiger partial charge in [-0.2, -0.15) is 0 Å². The molecule has 1 aliphatic heterocycles. The zero-order chi connectivity index (χ0) is 12.7. The Hall–Kier alpha value is -1.94. The van der Waals surface area contributed by atoms with Crippen LogP contribution >= 0.6 is 16.1 Å². The predicted molar refractivity (Wildman–Crippen MR) is 72.6 cm³/mol. The Morgan fingerprint density at radius 1 is 0.889 bits per heavy atom. The SMILES string of the molecule is O=C1C(=O)N(Br)c2cccc(-c3ccccc3)c21. The molecule has 0 N–H and O–H groups in total. The number of benzene rings is 2. The number of nitrogens with zero attached hydrogens (tertiary/aromatic N) is 1. The predicted octanol–water partition coefficient (Wildman–Crippen LogP) is 3.19. The molecule has 0 fully saturated rings. The highest BCUT2D eigenvalue weighted by atomic mass is 79.9. The van der Waals surface area contributed by atoms with Crippen LogP contribution in [0, 0.1) is 0 Å². The van der Waals surface area contributed by atoms with Crippen molar-refractivity contribution in [2.24, 2.45) is 0 Å². The maximum absolute atomic E-state index is 12.0. The lowest BCUT2D eigenvalue weighted by atomic mass is 9.97. The van der Waals surface area contributed by atoms with Crippen LogP contribution in [0.25, 0.3) is 11.1 Å². The molecule has 0 atom stereocenters. The first-order valence-electron chi connectivity index (χ1n) is 5.43. The normalized spacial score (nSPS) is 13.9. The summed E-state index contributed by atoms with van der Waals surface area (Å²) in [7, 11) is 0. The topological polar surface area (TPSA) is 37.4 Å². The second-order valence-corrected chi connectivity index (χ2v) is 4.69. The number of halogens is 1. The van der Waals surface area contributed by atoms with Crippen LogP contribution < -0.4 is 3.93 Å². The monoisotopic (exact) mass is 301 g/mol. The maximum atomic E-state index is 12.0. The summed E-state index contributed by atoms with van der Waals surface area (Å²) in [5, 5.41) is 0. The van der Waals surface area contributed by atoms with Gasteiger partial charge in [-0.3, -0.25) is 9.59 Å². The van der Waals surface area contributed by atoms with E-state index in [0.717, 1.165) is 11.1 Å². The van der Waals surface area contributed by atoms with Crippen LogP contribution in [0.2, 0.25) is 0 Å². The number of anilines is 1. The fourth-order valence-corrected chi connectivity index (χ4v) is 2.56. The van der Waals surface area contributed by atoms with Crippen LogP contribution in [-0.2, 0) is 4.79 Å². The molecule has 0 spiro atoms. The number of amides is 1. The summed E-state index contributed by atoms with van der Waals surface area (Å²) < 4.78 is 1.22. The molecule has 88 valence electrons. The van der Waals surface area contributed by atoms with Gasteiger partial charge >= 0.3 is 5.91 Å². The molecule has 4 heteroatoms. The van der Waals surface area contributed by atoms with E-state index in [1.165, 1.54) is 3.93 Å². The van der Waals surface area contributed by atoms with Gasteiger partial charge in [-0.15, -0.1) is 0 Å². The lowest BCUT2D eigenvalue weighted by Gasteiger charge is -2.08. The summed E-state index contributed by atoms with van der Waals surface area (Å²) in [6.07, 6.45) is 0. The van der Waals surface area contributed by atoms with Crippen LogP contribution in [0.1, 0.15) is 10.4 Å². The number of rotatable bonds is 1. The van der Waals surface area contributed by atoms with Gasteiger partial charge in [0.2, 0.25) is 0 Å². The first-order valence-corrected chi connectivity index (χ1v) is 6.14. The Balaban J connectivity index is 2.27. The number of fused-ring (bicyclic) bond motifs is 1. The molecular formula is C14H8BrNO2. The summed E-state index contributed by atoms with van der Waals surface area (Å²) in [5.74, 6) is -1.02. The van der Waals surface area contributed by atoms with Gasteiger partial charge in [0.25, 0.3) is 5.78 Å². The van der Waals surface area contributed by atoms with Crippen molar-refractivity contribution in [3.05, 3.63) is 54.1 Å². The first-order chi connectivity index (χ1) is 8.70. The average Bonchev–Trinajstić information content (AvgIpc) is 2.65. The van der Waals surface area contributed by atoms with E-state index >= 15 is 0 Å². The van der Waals surface area contributed by atoms with Gasteiger partial charge < -0.3 is 0 Å². The van der Waals surface area contributed by atoms with Crippen LogP contribution in [0.5, 0.6) is 0 Å². The molecule has 0 aromatic heterocycles. The van der Waals surface area contributed by atoms with Crippen molar-refractivity contribution in [2.75, 3.05) is 3.93 Å². The molecule has 0 radical (unpaired) electrons. The molecule has 18 heavy (non-hydrogen) atoms. The quantitative estimate of drug-likeness (QED) is 0.599. The van der Waals surface area contributed by atoms with Gasteiger partial charge in [0.1, 0.15) is 0 Å². The molecule has 2 aromatic carbocycles. The Bertz CT molecular complexity index is 652. The number of carbonyl (C=O) groups is 2. The van der Waals surface area contributed by atoms with Crippen molar-refractivity contribution in [1.29, 1.82) is 0 Å². The third-order valence-electron chi connectivity index (χ3n) is 2.94. The number of Topliss-reactive ketones (excluding diaryl/α,β-unsaturated/α-hetero) is 1. The number of hydrogen-bond acceptors (Lipinski definition) is 2. The molecule has 0 saturated carbocycles. The van der Waals surface area contributed by atoms with E-state index in [4.69, 9.17) is 0 Å². The van der Waals surface area contributed by atoms with Gasteiger partial charge in [0.05, 0.1) is 27.4 Å². The van der Waals surface area contributed by atoms with E-state index < -0.39 is 11.7 Å². The van der Waals surface area contributed by atoms with Crippen molar-refractivity contribution < 1.29 is 9.59 Å². The Kier molecular flexibility index (Phi) is 2.52. The van der Waals surface area contributed by atoms with E-state index in [-0.39, 0.29) is 0 Å². The van der Waals surface area contributed by atoms with Crippen LogP contribution in [0.4, 0.5) is 5.69 Å². The number of carbonyl (C=O) groups excluding carboxylic acids is 2. The van der Waals surface area contributed by atoms with Gasteiger partial charge in [0, 0.05) is 0 Å². The molecule has 0 aliphatic carbocycles. The van der Waals surface area contributed by atoms with Crippen LogP contribution in [0.3, 0.4) is 0 Å². The fraction of sp³-hybridized carbons (Fsp3) is 0. The summed E-state index contributed by atoms with van der Waals surface area (Å²) in [6.45, 7) is 0. The molecular weight excluding hydrogens is 294 g/mol. The van der Waals surface area contributed by atoms with E-state index in [0.29, 0.717) is 11.3 Å². The van der Waals surface area contributed by atoms with Crippen molar-refractivity contribution in [1.82, 2.24) is 0 Å². The van der Waals surface area contributed by atoms with E-state index in [9.17, 15) is 9.59 Å². The average molecular weight is 302 g/mol. The molecule has 1 aliphatic rings. The zero-order valence-electron chi connectivity index (χ0n) is 9.26. The zero-order valence-corrected chi connectivity index (χ0v) is 10.8. The van der Waals surface area contributed by atoms with E-state index in [2.05, 4.69) is 16.1 Å². The van der Waals surface area contributed by atoms with Crippen LogP contribution in [0.15, 0.2) is 48.5 Å². The van der Waals surface area contributed by atoms with E-state index in [1.807, 2.05) is 42.5 Å². The molecule has 0 unspecified atom stereocenters. The smallest absolute Gasteiger partial charge is 0.283 e. The van der Waals surface area contributed by atoms with E-state index in [1.54, 1.807) is 6.07 Å². The Labute approximate surface area is 112 Å². The molecule has 0 bridgehead atoms. The molecule has 2 aromatic rings. The number of ketones is 1. The highest BCUT2D eigenvalue weighted by molar-refractivity contribution is 9.10. The third-order valence-corrected chi connectivity index (χ3v) is 3.64. The summed E-state index contributed by atoms with van der Waals surface area (Å²) in [5.41, 5.74) is 2.78. The molecule has 3 rings (SSSR count). The minimum absolute atomic E-state index is 0.463. The Morgan fingerprint density at radius 2 is 1.61 bits per heavy atom. The highest BCUT2D eigenvalue weighted by Gasteiger charge is 2.36. The van der Waals surface area contributed by atoms with Gasteiger partial charge in [-0.25, -0.2) is 3.93 Å². The first kappa shape index (κ1) is 11.2. The van der Waals surface area contributed by atoms with Gasteiger partial charge in [-0.05, 0) is 17.2 Å². The lowest BCUT2D eigenvalue weighted by Crippen LogP contribution is -2.19. The molecule has 1 amide bonds. The highest BCUT2D eigenvalue weighted by Crippen LogP contribution is 2.37. The van der Waals surface area contributed by atoms with Gasteiger partial charge in [-0.1, -0.05) is 42.5 Å². The largest absolute Gasteiger partial charge is 0.309 e. The summed E-state index contributed by atoms with van der Waals surface area (Å²) in [6, 6.07) is 15.0. The second-order valence-electron chi connectivity index (χ2n) is 3.98. The van der Waals surface area contributed by atoms with Crippen molar-refractivity contribution in [3.63, 3.8) is 0 Å². The van der Waals surface area contributed by atoms with Gasteiger partial charge in [0.15, 0.2) is 0 Å². The van der Waals surface area contributed by atoms with Crippen molar-refractivity contribution in [2.45, 2.75) is 0 Å².